The van der Waals surface area contributed by atoms with E-state index in [1.54, 1.807) is 31.2 Å². The molecule has 0 bridgehead atoms. The van der Waals surface area contributed by atoms with E-state index in [4.69, 9.17) is 9.47 Å². The number of carbonyl (C=O) groups is 2. The molecule has 0 spiro atoms. The van der Waals surface area contributed by atoms with Crippen molar-refractivity contribution in [3.05, 3.63) is 24.3 Å². The summed E-state index contributed by atoms with van der Waals surface area (Å²) in [5, 5.41) is 2.76. The molecule has 0 aliphatic heterocycles. The number of benzene rings is 1. The Kier molecular flexibility index (Phi) is 5.85. The summed E-state index contributed by atoms with van der Waals surface area (Å²) in [6.07, 6.45) is 0. The summed E-state index contributed by atoms with van der Waals surface area (Å²) in [6.45, 7) is 5.55. The maximum absolute atomic E-state index is 11.5. The molecule has 0 saturated heterocycles. The predicted molar refractivity (Wildman–Crippen MR) is 72.0 cm³/mol. The number of hydrogen-bond acceptors (Lipinski definition) is 4. The van der Waals surface area contributed by atoms with Gasteiger partial charge in [0.05, 0.1) is 6.61 Å². The molecule has 0 saturated carbocycles. The van der Waals surface area contributed by atoms with Crippen LogP contribution in [-0.4, -0.2) is 25.1 Å². The lowest BCUT2D eigenvalue weighted by atomic mass is 10.2. The van der Waals surface area contributed by atoms with E-state index in [2.05, 4.69) is 5.32 Å². The van der Waals surface area contributed by atoms with Crippen LogP contribution in [0.15, 0.2) is 24.3 Å². The molecule has 0 unspecified atom stereocenters. The second-order valence-corrected chi connectivity index (χ2v) is 4.27. The smallest absolute Gasteiger partial charge is 0.344 e. The first-order chi connectivity index (χ1) is 9.02. The van der Waals surface area contributed by atoms with E-state index in [1.807, 2.05) is 13.8 Å². The van der Waals surface area contributed by atoms with E-state index in [9.17, 15) is 9.59 Å². The molecule has 1 aromatic carbocycles. The summed E-state index contributed by atoms with van der Waals surface area (Å²) in [5.41, 5.74) is 0.639. The molecule has 19 heavy (non-hydrogen) atoms. The molecule has 0 aliphatic carbocycles. The standard InChI is InChI=1S/C14H19NO4/c1-4-18-13(16)9-19-12-7-5-6-11(8-12)15-14(17)10(2)3/h5-8,10H,4,9H2,1-3H3,(H,15,17). The summed E-state index contributed by atoms with van der Waals surface area (Å²) in [7, 11) is 0. The van der Waals surface area contributed by atoms with Crippen LogP contribution in [0.4, 0.5) is 5.69 Å². The first-order valence-corrected chi connectivity index (χ1v) is 6.22. The molecule has 0 aliphatic rings. The Bertz CT molecular complexity index is 443. The predicted octanol–water partition coefficient (Wildman–Crippen LogP) is 2.22. The highest BCUT2D eigenvalue weighted by Gasteiger charge is 2.08. The number of rotatable bonds is 6. The fraction of sp³-hybridized carbons (Fsp3) is 0.429. The maximum Gasteiger partial charge on any atom is 0.344 e. The average molecular weight is 265 g/mol. The number of ether oxygens (including phenoxy) is 2. The Morgan fingerprint density at radius 1 is 1.32 bits per heavy atom. The fourth-order valence-electron chi connectivity index (χ4n) is 1.30. The minimum Gasteiger partial charge on any atom is -0.482 e. The normalized spacial score (nSPS) is 10.1. The van der Waals surface area contributed by atoms with E-state index in [-0.39, 0.29) is 18.4 Å². The Labute approximate surface area is 112 Å². The fourth-order valence-corrected chi connectivity index (χ4v) is 1.30. The first-order valence-electron chi connectivity index (χ1n) is 6.22. The molecule has 1 amide bonds. The van der Waals surface area contributed by atoms with Crippen molar-refractivity contribution in [2.45, 2.75) is 20.8 Å². The summed E-state index contributed by atoms with van der Waals surface area (Å²) >= 11 is 0. The molecular weight excluding hydrogens is 246 g/mol. The van der Waals surface area contributed by atoms with E-state index in [1.165, 1.54) is 0 Å². The zero-order valence-corrected chi connectivity index (χ0v) is 11.4. The van der Waals surface area contributed by atoms with Crippen molar-refractivity contribution in [2.24, 2.45) is 5.92 Å². The molecule has 5 heteroatoms. The molecule has 1 rings (SSSR count). The van der Waals surface area contributed by atoms with Gasteiger partial charge in [-0.1, -0.05) is 19.9 Å². The number of esters is 1. The highest BCUT2D eigenvalue weighted by atomic mass is 16.6. The van der Waals surface area contributed by atoms with Gasteiger partial charge < -0.3 is 14.8 Å². The highest BCUT2D eigenvalue weighted by Crippen LogP contribution is 2.18. The van der Waals surface area contributed by atoms with Gasteiger partial charge in [-0.05, 0) is 19.1 Å². The number of hydrogen-bond donors (Lipinski definition) is 1. The molecule has 1 N–H and O–H groups in total. The highest BCUT2D eigenvalue weighted by molar-refractivity contribution is 5.92. The lowest BCUT2D eigenvalue weighted by Gasteiger charge is -2.10. The largest absolute Gasteiger partial charge is 0.482 e. The molecule has 0 heterocycles. The van der Waals surface area contributed by atoms with Gasteiger partial charge >= 0.3 is 5.97 Å². The third-order valence-corrected chi connectivity index (χ3v) is 2.29. The Hall–Kier alpha value is -2.04. The van der Waals surface area contributed by atoms with E-state index in [0.717, 1.165) is 0 Å². The molecule has 0 atom stereocenters. The van der Waals surface area contributed by atoms with Crippen molar-refractivity contribution in [2.75, 3.05) is 18.5 Å². The third-order valence-electron chi connectivity index (χ3n) is 2.29. The van der Waals surface area contributed by atoms with E-state index in [0.29, 0.717) is 18.0 Å². The average Bonchev–Trinajstić information content (AvgIpc) is 2.37. The number of nitrogens with one attached hydrogen (secondary N) is 1. The molecular formula is C14H19NO4. The van der Waals surface area contributed by atoms with Crippen molar-refractivity contribution in [3.63, 3.8) is 0 Å². The van der Waals surface area contributed by atoms with Gasteiger partial charge in [0.15, 0.2) is 6.61 Å². The molecule has 0 fully saturated rings. The maximum atomic E-state index is 11.5. The Morgan fingerprint density at radius 2 is 2.05 bits per heavy atom. The van der Waals surface area contributed by atoms with Crippen molar-refractivity contribution in [1.82, 2.24) is 0 Å². The van der Waals surface area contributed by atoms with Gasteiger partial charge in [0, 0.05) is 17.7 Å². The second kappa shape index (κ2) is 7.41. The summed E-state index contributed by atoms with van der Waals surface area (Å²) < 4.78 is 10.0. The van der Waals surface area contributed by atoms with Crippen LogP contribution in [0.2, 0.25) is 0 Å². The lowest BCUT2D eigenvalue weighted by Crippen LogP contribution is -2.18. The minimum absolute atomic E-state index is 0.0671. The van der Waals surface area contributed by atoms with Crippen LogP contribution < -0.4 is 10.1 Å². The second-order valence-electron chi connectivity index (χ2n) is 4.27. The van der Waals surface area contributed by atoms with Crippen LogP contribution in [0.1, 0.15) is 20.8 Å². The molecule has 0 radical (unpaired) electrons. The SMILES string of the molecule is CCOC(=O)COc1cccc(NC(=O)C(C)C)c1. The van der Waals surface area contributed by atoms with Gasteiger partial charge in [-0.25, -0.2) is 4.79 Å². The van der Waals surface area contributed by atoms with Gasteiger partial charge in [0.25, 0.3) is 0 Å². The van der Waals surface area contributed by atoms with Crippen LogP contribution in [0.5, 0.6) is 5.75 Å². The van der Waals surface area contributed by atoms with Gasteiger partial charge in [-0.3, -0.25) is 4.79 Å². The molecule has 5 nitrogen and oxygen atoms in total. The third kappa shape index (κ3) is 5.42. The molecule has 104 valence electrons. The van der Waals surface area contributed by atoms with Gasteiger partial charge in [0.1, 0.15) is 5.75 Å². The zero-order chi connectivity index (χ0) is 14.3. The van der Waals surface area contributed by atoms with Crippen LogP contribution >= 0.6 is 0 Å². The molecule has 0 aromatic heterocycles. The monoisotopic (exact) mass is 265 g/mol. The lowest BCUT2D eigenvalue weighted by molar-refractivity contribution is -0.145. The first kappa shape index (κ1) is 15.0. The number of carbonyl (C=O) groups excluding carboxylic acids is 2. The van der Waals surface area contributed by atoms with Crippen LogP contribution in [0.3, 0.4) is 0 Å². The van der Waals surface area contributed by atoms with Crippen molar-refractivity contribution >= 4 is 17.6 Å². The Morgan fingerprint density at radius 3 is 2.68 bits per heavy atom. The van der Waals surface area contributed by atoms with E-state index < -0.39 is 5.97 Å². The van der Waals surface area contributed by atoms with Crippen molar-refractivity contribution in [3.8, 4) is 5.75 Å². The van der Waals surface area contributed by atoms with Crippen molar-refractivity contribution in [1.29, 1.82) is 0 Å². The van der Waals surface area contributed by atoms with Gasteiger partial charge in [-0.2, -0.15) is 0 Å². The van der Waals surface area contributed by atoms with E-state index >= 15 is 0 Å². The minimum atomic E-state index is -0.417. The van der Waals surface area contributed by atoms with Crippen LogP contribution in [0.25, 0.3) is 0 Å². The summed E-state index contributed by atoms with van der Waals surface area (Å²) in [4.78, 5) is 22.7. The topological polar surface area (TPSA) is 64.6 Å². The van der Waals surface area contributed by atoms with Gasteiger partial charge in [-0.15, -0.1) is 0 Å². The van der Waals surface area contributed by atoms with Crippen molar-refractivity contribution < 1.29 is 19.1 Å². The number of amides is 1. The zero-order valence-electron chi connectivity index (χ0n) is 11.4. The quantitative estimate of drug-likeness (QED) is 0.801. The van der Waals surface area contributed by atoms with Crippen LogP contribution in [0, 0.1) is 5.92 Å². The molecule has 1 aromatic rings. The van der Waals surface area contributed by atoms with Crippen LogP contribution in [-0.2, 0) is 14.3 Å². The Balaban J connectivity index is 2.57. The number of anilines is 1. The summed E-state index contributed by atoms with van der Waals surface area (Å²) in [5.74, 6) is -0.0691. The summed E-state index contributed by atoms with van der Waals surface area (Å²) in [6, 6.07) is 6.89. The van der Waals surface area contributed by atoms with Gasteiger partial charge in [0.2, 0.25) is 5.91 Å².